The van der Waals surface area contributed by atoms with Crippen molar-refractivity contribution in [1.82, 2.24) is 24.8 Å². The summed E-state index contributed by atoms with van der Waals surface area (Å²) in [6, 6.07) is 11.8. The van der Waals surface area contributed by atoms with Crippen LogP contribution in [-0.2, 0) is 24.8 Å². The molecule has 0 atom stereocenters. The van der Waals surface area contributed by atoms with Crippen LogP contribution in [0.1, 0.15) is 16.7 Å². The molecule has 4 rings (SSSR count). The van der Waals surface area contributed by atoms with Crippen LogP contribution in [0.25, 0.3) is 10.9 Å². The number of hydrogen-bond donors (Lipinski definition) is 1. The minimum absolute atomic E-state index is 0.0144. The Hall–Kier alpha value is -4.06. The van der Waals surface area contributed by atoms with Gasteiger partial charge >= 0.3 is 0 Å². The number of rotatable bonds is 5. The maximum absolute atomic E-state index is 13.7. The molecule has 2 aromatic heterocycles. The van der Waals surface area contributed by atoms with E-state index in [-0.39, 0.29) is 24.4 Å². The van der Waals surface area contributed by atoms with Crippen LogP contribution in [0.5, 0.6) is 0 Å². The van der Waals surface area contributed by atoms with E-state index in [1.807, 2.05) is 25.2 Å². The van der Waals surface area contributed by atoms with Gasteiger partial charge in [-0.2, -0.15) is 20.3 Å². The van der Waals surface area contributed by atoms with Crippen molar-refractivity contribution in [3.8, 4) is 6.07 Å². The first kappa shape index (κ1) is 18.3. The number of nitrogens with one attached hydrogen (secondary N) is 1. The first-order chi connectivity index (χ1) is 14.0. The summed E-state index contributed by atoms with van der Waals surface area (Å²) >= 11 is 0. The lowest BCUT2D eigenvalue weighted by Gasteiger charge is -2.04. The van der Waals surface area contributed by atoms with E-state index in [1.54, 1.807) is 23.0 Å². The Morgan fingerprint density at radius 3 is 2.79 bits per heavy atom. The molecule has 0 aliphatic rings. The fraction of sp³-hybridized carbons (Fsp3) is 0.150. The van der Waals surface area contributed by atoms with Gasteiger partial charge in [-0.25, -0.2) is 4.39 Å². The lowest BCUT2D eigenvalue weighted by Crippen LogP contribution is -2.15. The topological polar surface area (TPSA) is 101 Å². The predicted molar refractivity (Wildman–Crippen MR) is 103 cm³/mol. The third-order valence-electron chi connectivity index (χ3n) is 4.46. The molecule has 0 fully saturated rings. The standard InChI is InChI=1S/C20H16FN7O/c1-27-18-7-13(2-5-16(18)10-23-27)8-20(29)25-19-11-24-28(26-19)12-14-3-4-15(9-22)17(21)6-14/h2-7,10-11H,8,12H2,1H3,(H,25,26,29). The zero-order valence-corrected chi connectivity index (χ0v) is 15.5. The Labute approximate surface area is 165 Å². The molecular formula is C20H16FN7O. The normalized spacial score (nSPS) is 10.8. The molecule has 1 N–H and O–H groups in total. The second kappa shape index (κ2) is 7.52. The summed E-state index contributed by atoms with van der Waals surface area (Å²) in [5.74, 6) is -0.496. The molecule has 0 unspecified atom stereocenters. The number of nitriles is 1. The number of hydrogen-bond acceptors (Lipinski definition) is 5. The van der Waals surface area contributed by atoms with Crippen LogP contribution >= 0.6 is 0 Å². The summed E-state index contributed by atoms with van der Waals surface area (Å²) in [4.78, 5) is 13.7. The van der Waals surface area contributed by atoms with E-state index < -0.39 is 5.82 Å². The van der Waals surface area contributed by atoms with Gasteiger partial charge in [0.2, 0.25) is 5.91 Å². The first-order valence-corrected chi connectivity index (χ1v) is 8.81. The third kappa shape index (κ3) is 3.96. The van der Waals surface area contributed by atoms with E-state index in [9.17, 15) is 9.18 Å². The van der Waals surface area contributed by atoms with Crippen LogP contribution in [0.3, 0.4) is 0 Å². The predicted octanol–water partition coefficient (Wildman–Crippen LogP) is 2.41. The summed E-state index contributed by atoms with van der Waals surface area (Å²) < 4.78 is 15.5. The van der Waals surface area contributed by atoms with E-state index >= 15 is 0 Å². The molecule has 0 spiro atoms. The fourth-order valence-corrected chi connectivity index (χ4v) is 3.01. The molecule has 9 heteroatoms. The summed E-state index contributed by atoms with van der Waals surface area (Å²) in [7, 11) is 1.85. The average molecular weight is 389 g/mol. The van der Waals surface area contributed by atoms with Gasteiger partial charge in [0.25, 0.3) is 0 Å². The Balaban J connectivity index is 1.40. The number of carbonyl (C=O) groups excluding carboxylic acids is 1. The zero-order valence-electron chi connectivity index (χ0n) is 15.5. The molecule has 0 radical (unpaired) electrons. The van der Waals surface area contributed by atoms with Crippen LogP contribution < -0.4 is 5.32 Å². The Morgan fingerprint density at radius 1 is 1.17 bits per heavy atom. The Kier molecular flexibility index (Phi) is 4.75. The molecular weight excluding hydrogens is 373 g/mol. The van der Waals surface area contributed by atoms with Crippen molar-refractivity contribution in [3.63, 3.8) is 0 Å². The number of nitrogens with zero attached hydrogens (tertiary/aromatic N) is 6. The van der Waals surface area contributed by atoms with Gasteiger partial charge in [-0.1, -0.05) is 18.2 Å². The molecule has 4 aromatic rings. The Bertz CT molecular complexity index is 1250. The van der Waals surface area contributed by atoms with Gasteiger partial charge in [-0.15, -0.1) is 5.10 Å². The van der Waals surface area contributed by atoms with Gasteiger partial charge in [0, 0.05) is 12.4 Å². The van der Waals surface area contributed by atoms with Crippen molar-refractivity contribution in [2.24, 2.45) is 7.05 Å². The van der Waals surface area contributed by atoms with Crippen molar-refractivity contribution in [3.05, 3.63) is 71.3 Å². The SMILES string of the molecule is Cn1ncc2ccc(CC(=O)Nc3cnn(Cc4ccc(C#N)c(F)c4)n3)cc21. The van der Waals surface area contributed by atoms with Crippen LogP contribution in [-0.4, -0.2) is 30.7 Å². The maximum atomic E-state index is 13.7. The van der Waals surface area contributed by atoms with Gasteiger partial charge in [0.05, 0.1) is 36.4 Å². The van der Waals surface area contributed by atoms with Crippen molar-refractivity contribution >= 4 is 22.6 Å². The highest BCUT2D eigenvalue weighted by atomic mass is 19.1. The number of carbonyl (C=O) groups is 1. The van der Waals surface area contributed by atoms with Gasteiger partial charge < -0.3 is 5.32 Å². The average Bonchev–Trinajstić information content (AvgIpc) is 3.28. The fourth-order valence-electron chi connectivity index (χ4n) is 3.01. The van der Waals surface area contributed by atoms with Crippen molar-refractivity contribution < 1.29 is 9.18 Å². The molecule has 0 bridgehead atoms. The summed E-state index contributed by atoms with van der Waals surface area (Å²) in [6.07, 6.45) is 3.40. The highest BCUT2D eigenvalue weighted by Crippen LogP contribution is 2.16. The molecule has 0 saturated heterocycles. The number of aryl methyl sites for hydroxylation is 1. The monoisotopic (exact) mass is 389 g/mol. The summed E-state index contributed by atoms with van der Waals surface area (Å²) in [5.41, 5.74) is 2.41. The molecule has 2 heterocycles. The second-order valence-corrected chi connectivity index (χ2v) is 6.57. The van der Waals surface area contributed by atoms with Crippen LogP contribution in [0.4, 0.5) is 10.2 Å². The van der Waals surface area contributed by atoms with E-state index in [0.717, 1.165) is 16.5 Å². The van der Waals surface area contributed by atoms with Crippen LogP contribution in [0.15, 0.2) is 48.8 Å². The van der Waals surface area contributed by atoms with Gasteiger partial charge in [0.15, 0.2) is 5.82 Å². The summed E-state index contributed by atoms with van der Waals surface area (Å²) in [5, 5.41) is 25.0. The lowest BCUT2D eigenvalue weighted by atomic mass is 10.1. The summed E-state index contributed by atoms with van der Waals surface area (Å²) in [6.45, 7) is 0.218. The van der Waals surface area contributed by atoms with Crippen molar-refractivity contribution in [2.75, 3.05) is 5.32 Å². The minimum Gasteiger partial charge on any atom is -0.308 e. The molecule has 0 aliphatic carbocycles. The van der Waals surface area contributed by atoms with E-state index in [2.05, 4.69) is 20.6 Å². The lowest BCUT2D eigenvalue weighted by molar-refractivity contribution is -0.115. The van der Waals surface area contributed by atoms with Crippen molar-refractivity contribution in [1.29, 1.82) is 5.26 Å². The molecule has 1 amide bonds. The highest BCUT2D eigenvalue weighted by molar-refractivity contribution is 5.92. The van der Waals surface area contributed by atoms with Gasteiger partial charge in [0.1, 0.15) is 11.9 Å². The minimum atomic E-state index is -0.587. The first-order valence-electron chi connectivity index (χ1n) is 8.81. The van der Waals surface area contributed by atoms with E-state index in [4.69, 9.17) is 5.26 Å². The molecule has 0 saturated carbocycles. The largest absolute Gasteiger partial charge is 0.308 e. The molecule has 0 aliphatic heterocycles. The van der Waals surface area contributed by atoms with Crippen LogP contribution in [0.2, 0.25) is 0 Å². The molecule has 144 valence electrons. The highest BCUT2D eigenvalue weighted by Gasteiger charge is 2.10. The number of halogens is 1. The van der Waals surface area contributed by atoms with E-state index in [0.29, 0.717) is 11.4 Å². The van der Waals surface area contributed by atoms with E-state index in [1.165, 1.54) is 23.1 Å². The third-order valence-corrected chi connectivity index (χ3v) is 4.46. The van der Waals surface area contributed by atoms with Gasteiger partial charge in [-0.3, -0.25) is 9.48 Å². The van der Waals surface area contributed by atoms with Crippen molar-refractivity contribution in [2.45, 2.75) is 13.0 Å². The Morgan fingerprint density at radius 2 is 2.00 bits per heavy atom. The van der Waals surface area contributed by atoms with Crippen LogP contribution in [0, 0.1) is 17.1 Å². The molecule has 8 nitrogen and oxygen atoms in total. The number of amides is 1. The molecule has 2 aromatic carbocycles. The smallest absolute Gasteiger partial charge is 0.230 e. The van der Waals surface area contributed by atoms with Gasteiger partial charge in [-0.05, 0) is 29.3 Å². The number of benzene rings is 2. The second-order valence-electron chi connectivity index (χ2n) is 6.57. The maximum Gasteiger partial charge on any atom is 0.230 e. The number of anilines is 1. The molecule has 29 heavy (non-hydrogen) atoms. The zero-order chi connectivity index (χ0) is 20.4. The number of fused-ring (bicyclic) bond motifs is 1. The quantitative estimate of drug-likeness (QED) is 0.565. The number of aromatic nitrogens is 5.